The van der Waals surface area contributed by atoms with E-state index in [0.717, 1.165) is 10.7 Å². The normalized spacial score (nSPS) is 15.3. The van der Waals surface area contributed by atoms with Crippen LogP contribution < -0.4 is 4.72 Å². The molecule has 2 N–H and O–H groups in total. The van der Waals surface area contributed by atoms with Gasteiger partial charge in [0.1, 0.15) is 0 Å². The number of carbonyl (C=O) groups is 1. The third-order valence-corrected chi connectivity index (χ3v) is 4.21. The number of methoxy groups -OCH3 is 1. The fourth-order valence-electron chi connectivity index (χ4n) is 1.45. The Balaban J connectivity index is 4.34. The van der Waals surface area contributed by atoms with Crippen LogP contribution in [0.2, 0.25) is 0 Å². The van der Waals surface area contributed by atoms with E-state index in [1.807, 2.05) is 6.92 Å². The maximum absolute atomic E-state index is 11.8. The minimum absolute atomic E-state index is 0.0146. The summed E-state index contributed by atoms with van der Waals surface area (Å²) in [6.45, 7) is 3.45. The molecule has 0 aromatic carbocycles. The first kappa shape index (κ1) is 18.3. The Morgan fingerprint density at radius 3 is 2.53 bits per heavy atom. The van der Waals surface area contributed by atoms with E-state index in [2.05, 4.69) is 9.46 Å². The number of aliphatic hydroxyl groups is 1. The van der Waals surface area contributed by atoms with Crippen molar-refractivity contribution in [2.45, 2.75) is 38.7 Å². The van der Waals surface area contributed by atoms with E-state index in [9.17, 15) is 18.3 Å². The van der Waals surface area contributed by atoms with Crippen LogP contribution in [0.15, 0.2) is 0 Å². The summed E-state index contributed by atoms with van der Waals surface area (Å²) in [6.07, 6.45) is 1.24. The third-order valence-electron chi connectivity index (χ3n) is 2.69. The van der Waals surface area contributed by atoms with Gasteiger partial charge in [0.15, 0.2) is 0 Å². The van der Waals surface area contributed by atoms with E-state index in [0.29, 0.717) is 6.42 Å². The van der Waals surface area contributed by atoms with Crippen LogP contribution in [0.5, 0.6) is 0 Å². The molecule has 7 nitrogen and oxygen atoms in total. The Labute approximate surface area is 115 Å². The summed E-state index contributed by atoms with van der Waals surface area (Å²) in [5, 5.41) is 9.90. The molecule has 19 heavy (non-hydrogen) atoms. The van der Waals surface area contributed by atoms with Crippen LogP contribution >= 0.6 is 0 Å². The fraction of sp³-hybridized carbons (Fsp3) is 0.909. The highest BCUT2D eigenvalue weighted by atomic mass is 32.2. The largest absolute Gasteiger partial charge is 0.469 e. The van der Waals surface area contributed by atoms with Gasteiger partial charge in [0, 0.05) is 20.1 Å². The molecule has 0 heterocycles. The molecule has 114 valence electrons. The Hall–Kier alpha value is -0.700. The van der Waals surface area contributed by atoms with Crippen LogP contribution in [0.3, 0.4) is 0 Å². The number of hydrogen-bond acceptors (Lipinski definition) is 5. The Kier molecular flexibility index (Phi) is 7.50. The van der Waals surface area contributed by atoms with Crippen molar-refractivity contribution >= 4 is 16.2 Å². The van der Waals surface area contributed by atoms with Gasteiger partial charge in [-0.1, -0.05) is 13.3 Å². The summed E-state index contributed by atoms with van der Waals surface area (Å²) in [5.74, 6) is -0.472. The van der Waals surface area contributed by atoms with Gasteiger partial charge in [0.05, 0.1) is 19.1 Å². The number of hydrogen-bond donors (Lipinski definition) is 2. The van der Waals surface area contributed by atoms with Crippen LogP contribution in [0.25, 0.3) is 0 Å². The molecule has 0 aromatic rings. The molecule has 0 bridgehead atoms. The molecule has 8 heteroatoms. The van der Waals surface area contributed by atoms with Gasteiger partial charge in [0.25, 0.3) is 10.2 Å². The smallest absolute Gasteiger partial charge is 0.306 e. The Bertz CT molecular complexity index is 381. The average Bonchev–Trinajstić information content (AvgIpc) is 2.33. The summed E-state index contributed by atoms with van der Waals surface area (Å²) >= 11 is 0. The predicted molar refractivity (Wildman–Crippen MR) is 71.7 cm³/mol. The molecule has 0 aliphatic heterocycles. The van der Waals surface area contributed by atoms with Crippen molar-refractivity contribution in [1.82, 2.24) is 9.03 Å². The van der Waals surface area contributed by atoms with E-state index in [1.165, 1.54) is 14.2 Å². The summed E-state index contributed by atoms with van der Waals surface area (Å²) in [4.78, 5) is 10.9. The maximum atomic E-state index is 11.8. The van der Waals surface area contributed by atoms with Crippen LogP contribution in [0, 0.1) is 0 Å². The molecule has 0 aromatic heterocycles. The van der Waals surface area contributed by atoms with Crippen LogP contribution in [0.1, 0.15) is 33.1 Å². The summed E-state index contributed by atoms with van der Waals surface area (Å²) in [5.41, 5.74) is -1.08. The topological polar surface area (TPSA) is 95.9 Å². The lowest BCUT2D eigenvalue weighted by molar-refractivity contribution is -0.140. The lowest BCUT2D eigenvalue weighted by Crippen LogP contribution is -2.46. The van der Waals surface area contributed by atoms with Crippen molar-refractivity contribution < 1.29 is 23.1 Å². The van der Waals surface area contributed by atoms with Crippen LogP contribution in [-0.4, -0.2) is 56.6 Å². The van der Waals surface area contributed by atoms with Crippen molar-refractivity contribution in [2.24, 2.45) is 0 Å². The average molecular weight is 296 g/mol. The molecule has 0 radical (unpaired) electrons. The highest BCUT2D eigenvalue weighted by Crippen LogP contribution is 2.11. The van der Waals surface area contributed by atoms with Crippen molar-refractivity contribution in [3.05, 3.63) is 0 Å². The van der Waals surface area contributed by atoms with Gasteiger partial charge < -0.3 is 9.84 Å². The SMILES string of the molecule is CCCC(C)(O)CNS(=O)(=O)N(C)CCC(=O)OC. The second-order valence-electron chi connectivity index (χ2n) is 4.72. The second kappa shape index (κ2) is 7.78. The number of ether oxygens (including phenoxy) is 1. The number of carbonyl (C=O) groups excluding carboxylic acids is 1. The molecule has 0 aliphatic rings. The Morgan fingerprint density at radius 2 is 2.05 bits per heavy atom. The van der Waals surface area contributed by atoms with Gasteiger partial charge in [-0.3, -0.25) is 4.79 Å². The standard InChI is InChI=1S/C11H24N2O5S/c1-5-7-11(2,15)9-12-19(16,17)13(3)8-6-10(14)18-4/h12,15H,5-9H2,1-4H3. The second-order valence-corrected chi connectivity index (χ2v) is 6.58. The van der Waals surface area contributed by atoms with E-state index < -0.39 is 21.8 Å². The highest BCUT2D eigenvalue weighted by Gasteiger charge is 2.24. The molecule has 0 saturated carbocycles. The van der Waals surface area contributed by atoms with E-state index in [4.69, 9.17) is 0 Å². The molecule has 0 saturated heterocycles. The van der Waals surface area contributed by atoms with E-state index in [-0.39, 0.29) is 19.5 Å². The van der Waals surface area contributed by atoms with Gasteiger partial charge in [-0.25, -0.2) is 0 Å². The minimum Gasteiger partial charge on any atom is -0.469 e. The van der Waals surface area contributed by atoms with Gasteiger partial charge in [-0.2, -0.15) is 17.4 Å². The number of esters is 1. The Morgan fingerprint density at radius 1 is 1.47 bits per heavy atom. The third kappa shape index (κ3) is 7.46. The van der Waals surface area contributed by atoms with Gasteiger partial charge in [0.2, 0.25) is 0 Å². The van der Waals surface area contributed by atoms with Crippen molar-refractivity contribution in [3.63, 3.8) is 0 Å². The number of rotatable bonds is 9. The van der Waals surface area contributed by atoms with Crippen molar-refractivity contribution in [1.29, 1.82) is 0 Å². The zero-order chi connectivity index (χ0) is 15.1. The summed E-state index contributed by atoms with van der Waals surface area (Å²) in [6, 6.07) is 0. The first-order valence-electron chi connectivity index (χ1n) is 6.14. The first-order chi connectivity index (χ1) is 8.64. The molecule has 1 atom stereocenters. The quantitative estimate of drug-likeness (QED) is 0.578. The summed E-state index contributed by atoms with van der Waals surface area (Å²) in [7, 11) is -1.09. The van der Waals surface area contributed by atoms with Crippen LogP contribution in [-0.2, 0) is 19.7 Å². The molecule has 0 spiro atoms. The molecular formula is C11H24N2O5S. The zero-order valence-corrected chi connectivity index (χ0v) is 12.8. The van der Waals surface area contributed by atoms with Gasteiger partial charge in [-0.15, -0.1) is 0 Å². The molecule has 1 unspecified atom stereocenters. The predicted octanol–water partition coefficient (Wildman–Crippen LogP) is -0.133. The molecular weight excluding hydrogens is 272 g/mol. The van der Waals surface area contributed by atoms with E-state index in [1.54, 1.807) is 6.92 Å². The number of nitrogens with one attached hydrogen (secondary N) is 1. The van der Waals surface area contributed by atoms with Crippen molar-refractivity contribution in [2.75, 3.05) is 27.2 Å². The first-order valence-corrected chi connectivity index (χ1v) is 7.58. The summed E-state index contributed by atoms with van der Waals surface area (Å²) < 4.78 is 31.4. The van der Waals surface area contributed by atoms with Crippen LogP contribution in [0.4, 0.5) is 0 Å². The fourth-order valence-corrected chi connectivity index (χ4v) is 2.50. The van der Waals surface area contributed by atoms with Gasteiger partial charge >= 0.3 is 5.97 Å². The number of nitrogens with zero attached hydrogens (tertiary/aromatic N) is 1. The van der Waals surface area contributed by atoms with E-state index >= 15 is 0 Å². The monoisotopic (exact) mass is 296 g/mol. The molecule has 0 fully saturated rings. The molecule has 0 rings (SSSR count). The van der Waals surface area contributed by atoms with Gasteiger partial charge in [-0.05, 0) is 13.3 Å². The lowest BCUT2D eigenvalue weighted by atomic mass is 10.0. The highest BCUT2D eigenvalue weighted by molar-refractivity contribution is 7.87. The van der Waals surface area contributed by atoms with Crippen molar-refractivity contribution in [3.8, 4) is 0 Å². The minimum atomic E-state index is -3.70. The lowest BCUT2D eigenvalue weighted by Gasteiger charge is -2.25. The molecule has 0 aliphatic carbocycles. The zero-order valence-electron chi connectivity index (χ0n) is 12.0. The molecule has 0 amide bonds. The maximum Gasteiger partial charge on any atom is 0.306 e.